The fourth-order valence-electron chi connectivity index (χ4n) is 7.52. The predicted octanol–water partition coefficient (Wildman–Crippen LogP) is 8.72. The van der Waals surface area contributed by atoms with Crippen LogP contribution in [0.1, 0.15) is 103 Å². The number of carboxylic acid groups (broad SMARTS) is 1. The van der Waals surface area contributed by atoms with E-state index in [0.29, 0.717) is 17.4 Å². The lowest BCUT2D eigenvalue weighted by atomic mass is 9.61. The van der Waals surface area contributed by atoms with Gasteiger partial charge in [0.1, 0.15) is 0 Å². The van der Waals surface area contributed by atoms with Gasteiger partial charge in [-0.05, 0) is 84.9 Å². The highest BCUT2D eigenvalue weighted by atomic mass is 32.1. The minimum absolute atomic E-state index is 0.171. The Morgan fingerprint density at radius 3 is 2.55 bits per heavy atom. The third kappa shape index (κ3) is 6.13. The Hall–Kier alpha value is -0.653. The van der Waals surface area contributed by atoms with E-state index in [-0.39, 0.29) is 12.3 Å². The number of carbonyl (C=O) groups is 1. The molecule has 1 heterocycles. The van der Waals surface area contributed by atoms with E-state index in [4.69, 9.17) is 4.43 Å². The second-order valence-electron chi connectivity index (χ2n) is 11.3. The Bertz CT molecular complexity index is 723. The van der Waals surface area contributed by atoms with E-state index in [1.54, 1.807) is 11.3 Å². The summed E-state index contributed by atoms with van der Waals surface area (Å²) >= 11 is 1.71. The molecule has 1 aromatic rings. The monoisotopic (exact) mass is 492 g/mol. The molecule has 2 aliphatic carbocycles. The normalized spacial score (nSPS) is 29.5. The molecule has 3 rings (SSSR count). The summed E-state index contributed by atoms with van der Waals surface area (Å²) in [4.78, 5) is 12.6. The van der Waals surface area contributed by atoms with E-state index in [1.807, 2.05) is 6.07 Å². The van der Waals surface area contributed by atoms with E-state index < -0.39 is 14.3 Å². The first-order chi connectivity index (χ1) is 15.8. The maximum absolute atomic E-state index is 11.4. The fraction of sp³-hybridized carbons (Fsp3) is 0.821. The molecule has 0 bridgehead atoms. The molecule has 1 aromatic heterocycles. The Morgan fingerprint density at radius 2 is 1.94 bits per heavy atom. The zero-order chi connectivity index (χ0) is 24.1. The standard InChI is InChI=1S/C28H48O3SSi/c1-6-33(7-2,8-3)31-25-14-10-18-28(5)23(16-17-24(25)28)21(4)12-9-13-22(20-27(29)30)26-15-11-19-32-26/h11,15,19,21-25H,6-10,12-14,16-18,20H2,1-5H3,(H,29,30)/t21?,22-,23?,24+,25+,28-/m0/s1. The maximum atomic E-state index is 11.4. The minimum Gasteiger partial charge on any atom is -0.481 e. The van der Waals surface area contributed by atoms with Crippen molar-refractivity contribution < 1.29 is 14.3 Å². The van der Waals surface area contributed by atoms with E-state index in [0.717, 1.165) is 24.7 Å². The van der Waals surface area contributed by atoms with Crippen LogP contribution < -0.4 is 0 Å². The van der Waals surface area contributed by atoms with Crippen molar-refractivity contribution in [1.29, 1.82) is 0 Å². The summed E-state index contributed by atoms with van der Waals surface area (Å²) in [7, 11) is -1.57. The topological polar surface area (TPSA) is 46.5 Å². The molecular weight excluding hydrogens is 444 g/mol. The maximum Gasteiger partial charge on any atom is 0.303 e. The highest BCUT2D eigenvalue weighted by molar-refractivity contribution is 7.10. The summed E-state index contributed by atoms with van der Waals surface area (Å²) < 4.78 is 7.11. The third-order valence-electron chi connectivity index (χ3n) is 9.74. The smallest absolute Gasteiger partial charge is 0.303 e. The quantitative estimate of drug-likeness (QED) is 0.280. The molecule has 2 fully saturated rings. The molecule has 0 amide bonds. The van der Waals surface area contributed by atoms with Crippen LogP contribution in [0.15, 0.2) is 17.5 Å². The summed E-state index contributed by atoms with van der Waals surface area (Å²) in [6.45, 7) is 12.1. The van der Waals surface area contributed by atoms with Crippen molar-refractivity contribution in [3.05, 3.63) is 22.4 Å². The number of aliphatic carboxylic acids is 1. The average Bonchev–Trinajstić information content (AvgIpc) is 3.45. The zero-order valence-electron chi connectivity index (χ0n) is 21.8. The molecular formula is C28H48O3SSi. The van der Waals surface area contributed by atoms with Crippen LogP contribution in [0.25, 0.3) is 0 Å². The first-order valence-corrected chi connectivity index (χ1v) is 17.1. The van der Waals surface area contributed by atoms with Crippen molar-refractivity contribution in [2.45, 2.75) is 123 Å². The molecule has 5 heteroatoms. The van der Waals surface area contributed by atoms with Crippen LogP contribution in [0, 0.1) is 23.2 Å². The van der Waals surface area contributed by atoms with Crippen LogP contribution in [0.5, 0.6) is 0 Å². The summed E-state index contributed by atoms with van der Waals surface area (Å²) in [6, 6.07) is 7.91. The SMILES string of the molecule is CC[Si](CC)(CC)O[C@@H]1CCC[C@@]2(C)C(C(C)CCC[C@@H](CC(=O)O)c3cccs3)CC[C@H]12. The highest BCUT2D eigenvalue weighted by Gasteiger charge is 2.53. The number of thiophene rings is 1. The number of rotatable bonds is 13. The first-order valence-electron chi connectivity index (χ1n) is 13.7. The summed E-state index contributed by atoms with van der Waals surface area (Å²) in [5.74, 6) is 1.73. The van der Waals surface area contributed by atoms with E-state index >= 15 is 0 Å². The van der Waals surface area contributed by atoms with Gasteiger partial charge in [0.2, 0.25) is 0 Å². The lowest BCUT2D eigenvalue weighted by molar-refractivity contribution is -0.137. The highest BCUT2D eigenvalue weighted by Crippen LogP contribution is 2.59. The Balaban J connectivity index is 1.60. The van der Waals surface area contributed by atoms with E-state index in [2.05, 4.69) is 46.1 Å². The van der Waals surface area contributed by atoms with Crippen LogP contribution in [0.2, 0.25) is 18.1 Å². The van der Waals surface area contributed by atoms with Gasteiger partial charge in [0, 0.05) is 16.9 Å². The number of hydrogen-bond donors (Lipinski definition) is 1. The molecule has 0 spiro atoms. The summed E-state index contributed by atoms with van der Waals surface area (Å²) in [6.07, 6.45) is 10.7. The Labute approximate surface area is 207 Å². The molecule has 188 valence electrons. The molecule has 6 atom stereocenters. The lowest BCUT2D eigenvalue weighted by Gasteiger charge is -2.49. The largest absolute Gasteiger partial charge is 0.481 e. The summed E-state index contributed by atoms with van der Waals surface area (Å²) in [5.41, 5.74) is 0.423. The van der Waals surface area contributed by atoms with Crippen LogP contribution >= 0.6 is 11.3 Å². The molecule has 1 N–H and O–H groups in total. The lowest BCUT2D eigenvalue weighted by Crippen LogP contribution is -2.48. The molecule has 0 saturated heterocycles. The van der Waals surface area contributed by atoms with Gasteiger partial charge in [0.25, 0.3) is 0 Å². The fourth-order valence-corrected chi connectivity index (χ4v) is 11.3. The van der Waals surface area contributed by atoms with Crippen molar-refractivity contribution in [1.82, 2.24) is 0 Å². The van der Waals surface area contributed by atoms with Crippen molar-refractivity contribution >= 4 is 25.6 Å². The molecule has 2 aliphatic rings. The first kappa shape index (κ1) is 26.9. The van der Waals surface area contributed by atoms with Gasteiger partial charge in [-0.3, -0.25) is 4.79 Å². The van der Waals surface area contributed by atoms with Gasteiger partial charge in [0.05, 0.1) is 6.42 Å². The molecule has 2 saturated carbocycles. The third-order valence-corrected chi connectivity index (χ3v) is 15.4. The molecule has 3 nitrogen and oxygen atoms in total. The van der Waals surface area contributed by atoms with E-state index in [9.17, 15) is 9.90 Å². The van der Waals surface area contributed by atoms with E-state index in [1.165, 1.54) is 61.5 Å². The van der Waals surface area contributed by atoms with Crippen LogP contribution in [-0.2, 0) is 9.22 Å². The second kappa shape index (κ2) is 11.9. The van der Waals surface area contributed by atoms with Gasteiger partial charge >= 0.3 is 5.97 Å². The number of fused-ring (bicyclic) bond motifs is 1. The second-order valence-corrected chi connectivity index (χ2v) is 17.0. The van der Waals surface area contributed by atoms with Gasteiger partial charge in [-0.2, -0.15) is 0 Å². The van der Waals surface area contributed by atoms with Crippen LogP contribution in [0.4, 0.5) is 0 Å². The van der Waals surface area contributed by atoms with Crippen LogP contribution in [-0.4, -0.2) is 25.5 Å². The van der Waals surface area contributed by atoms with Crippen LogP contribution in [0.3, 0.4) is 0 Å². The molecule has 2 unspecified atom stereocenters. The van der Waals surface area contributed by atoms with Gasteiger partial charge < -0.3 is 9.53 Å². The van der Waals surface area contributed by atoms with Gasteiger partial charge in [0.15, 0.2) is 8.32 Å². The number of hydrogen-bond acceptors (Lipinski definition) is 3. The molecule has 0 aromatic carbocycles. The molecule has 33 heavy (non-hydrogen) atoms. The summed E-state index contributed by atoms with van der Waals surface area (Å²) in [5, 5.41) is 11.5. The van der Waals surface area contributed by atoms with Gasteiger partial charge in [-0.25, -0.2) is 0 Å². The molecule has 0 radical (unpaired) electrons. The van der Waals surface area contributed by atoms with Crippen molar-refractivity contribution in [2.24, 2.45) is 23.2 Å². The van der Waals surface area contributed by atoms with Crippen molar-refractivity contribution in [3.63, 3.8) is 0 Å². The average molecular weight is 493 g/mol. The number of carboxylic acids is 1. The minimum atomic E-state index is -1.57. The molecule has 0 aliphatic heterocycles. The predicted molar refractivity (Wildman–Crippen MR) is 143 cm³/mol. The van der Waals surface area contributed by atoms with Crippen molar-refractivity contribution in [3.8, 4) is 0 Å². The Morgan fingerprint density at radius 1 is 1.21 bits per heavy atom. The van der Waals surface area contributed by atoms with Crippen molar-refractivity contribution in [2.75, 3.05) is 0 Å². The van der Waals surface area contributed by atoms with Gasteiger partial charge in [-0.15, -0.1) is 11.3 Å². The Kier molecular flexibility index (Phi) is 9.68. The van der Waals surface area contributed by atoms with Gasteiger partial charge in [-0.1, -0.05) is 59.9 Å². The zero-order valence-corrected chi connectivity index (χ0v) is 23.6.